The fraction of sp³-hybridized carbons (Fsp3) is 0. The summed E-state index contributed by atoms with van der Waals surface area (Å²) < 4.78 is 6.50. The molecule has 0 unspecified atom stereocenters. The Balaban J connectivity index is 1.16. The van der Waals surface area contributed by atoms with Gasteiger partial charge in [0.1, 0.15) is 11.1 Å². The van der Waals surface area contributed by atoms with Gasteiger partial charge in [0, 0.05) is 33.7 Å². The Hall–Kier alpha value is -7.23. The highest BCUT2D eigenvalue weighted by atomic mass is 16.3. The molecule has 0 saturated carbocycles. The molecule has 2 heterocycles. The summed E-state index contributed by atoms with van der Waals surface area (Å²) >= 11 is 0. The molecule has 0 aliphatic carbocycles. The number of furan rings is 1. The first-order chi connectivity index (χ1) is 26.8. The first-order valence-corrected chi connectivity index (χ1v) is 18.4. The molecule has 2 aromatic heterocycles. The topological polar surface area (TPSA) is 29.3 Å². The Kier molecular flexibility index (Phi) is 6.86. The van der Waals surface area contributed by atoms with Crippen LogP contribution in [0.5, 0.6) is 0 Å². The summed E-state index contributed by atoms with van der Waals surface area (Å²) in [7, 11) is 0. The van der Waals surface area contributed by atoms with Crippen molar-refractivity contribution < 1.29 is 4.42 Å². The van der Waals surface area contributed by atoms with E-state index in [1.807, 2.05) is 24.4 Å². The Labute approximate surface area is 312 Å². The van der Waals surface area contributed by atoms with Gasteiger partial charge >= 0.3 is 0 Å². The number of benzene rings is 9. The van der Waals surface area contributed by atoms with Gasteiger partial charge in [-0.1, -0.05) is 140 Å². The van der Waals surface area contributed by atoms with Crippen molar-refractivity contribution in [2.75, 3.05) is 4.90 Å². The molecule has 0 N–H and O–H groups in total. The summed E-state index contributed by atoms with van der Waals surface area (Å²) in [5, 5.41) is 10.5. The predicted molar refractivity (Wildman–Crippen MR) is 227 cm³/mol. The van der Waals surface area contributed by atoms with E-state index in [0.29, 0.717) is 0 Å². The third-order valence-electron chi connectivity index (χ3n) is 10.8. The van der Waals surface area contributed by atoms with Crippen LogP contribution in [0.2, 0.25) is 0 Å². The monoisotopic (exact) mass is 688 g/mol. The lowest BCUT2D eigenvalue weighted by Crippen LogP contribution is -2.11. The first kappa shape index (κ1) is 30.4. The maximum absolute atomic E-state index is 6.50. The number of anilines is 3. The summed E-state index contributed by atoms with van der Waals surface area (Å²) in [5.74, 6) is 0. The van der Waals surface area contributed by atoms with Gasteiger partial charge in [0.15, 0.2) is 5.58 Å². The van der Waals surface area contributed by atoms with E-state index < -0.39 is 0 Å². The van der Waals surface area contributed by atoms with Crippen LogP contribution in [0, 0.1) is 0 Å². The van der Waals surface area contributed by atoms with E-state index in [9.17, 15) is 0 Å². The zero-order valence-electron chi connectivity index (χ0n) is 29.3. The van der Waals surface area contributed by atoms with Crippen LogP contribution in [-0.4, -0.2) is 4.98 Å². The van der Waals surface area contributed by atoms with Crippen molar-refractivity contribution in [2.24, 2.45) is 0 Å². The number of nitrogens with zero attached hydrogens (tertiary/aromatic N) is 2. The van der Waals surface area contributed by atoms with Gasteiger partial charge in [0.25, 0.3) is 0 Å². The van der Waals surface area contributed by atoms with Gasteiger partial charge in [-0.3, -0.25) is 4.98 Å². The molecular weight excluding hydrogens is 657 g/mol. The molecule has 0 radical (unpaired) electrons. The maximum Gasteiger partial charge on any atom is 0.161 e. The van der Waals surface area contributed by atoms with Crippen molar-refractivity contribution in [1.82, 2.24) is 4.98 Å². The molecule has 11 aromatic rings. The van der Waals surface area contributed by atoms with Crippen LogP contribution in [0.3, 0.4) is 0 Å². The molecule has 11 rings (SSSR count). The van der Waals surface area contributed by atoms with Crippen LogP contribution in [0.1, 0.15) is 0 Å². The summed E-state index contributed by atoms with van der Waals surface area (Å²) in [4.78, 5) is 7.41. The molecule has 0 saturated heterocycles. The van der Waals surface area contributed by atoms with Gasteiger partial charge in [0.2, 0.25) is 0 Å². The quantitative estimate of drug-likeness (QED) is 0.169. The maximum atomic E-state index is 6.50. The standard InChI is InChI=1S/C51H32N2O/c1-3-20-39-33(13-1)15-11-25-40(39)34-16-9-18-37(29-34)53(48-27-12-26-44-47(48)32-52-50-45-24-7-8-28-49(45)54-51(44)50)38-19-10-17-35(30-38)46-31-36-14-2-4-21-41(36)42-22-5-6-23-43(42)46/h1-32H. The number of rotatable bonds is 5. The van der Waals surface area contributed by atoms with E-state index in [2.05, 4.69) is 175 Å². The molecule has 0 aliphatic heterocycles. The second-order valence-corrected chi connectivity index (χ2v) is 13.9. The Morgan fingerprint density at radius 3 is 1.80 bits per heavy atom. The van der Waals surface area contributed by atoms with Crippen molar-refractivity contribution in [3.8, 4) is 22.3 Å². The molecule has 0 fully saturated rings. The summed E-state index contributed by atoms with van der Waals surface area (Å²) in [6, 6.07) is 67.4. The number of fused-ring (bicyclic) bond motifs is 9. The van der Waals surface area contributed by atoms with Crippen molar-refractivity contribution >= 4 is 82.2 Å². The molecular formula is C51H32N2O. The summed E-state index contributed by atoms with van der Waals surface area (Å²) in [6.07, 6.45) is 2.01. The third kappa shape index (κ3) is 4.79. The SMILES string of the molecule is c1cc(-c2cccc3ccccc23)cc(N(c2cccc(-c3cc4ccccc4c4ccccc34)c2)c2cccc3c2cnc2c4ccccc4oc32)c1. The van der Waals surface area contributed by atoms with Crippen LogP contribution in [0.15, 0.2) is 199 Å². The fourth-order valence-corrected chi connectivity index (χ4v) is 8.38. The van der Waals surface area contributed by atoms with Crippen LogP contribution < -0.4 is 4.90 Å². The number of aromatic nitrogens is 1. The molecule has 0 atom stereocenters. The van der Waals surface area contributed by atoms with Crippen LogP contribution in [0.25, 0.3) is 87.4 Å². The lowest BCUT2D eigenvalue weighted by Gasteiger charge is -2.28. The zero-order chi connectivity index (χ0) is 35.6. The second-order valence-electron chi connectivity index (χ2n) is 13.9. The molecule has 3 nitrogen and oxygen atoms in total. The number of pyridine rings is 1. The Bertz CT molecular complexity index is 3240. The van der Waals surface area contributed by atoms with Crippen LogP contribution in [0.4, 0.5) is 17.1 Å². The average molecular weight is 689 g/mol. The van der Waals surface area contributed by atoms with Gasteiger partial charge in [-0.2, -0.15) is 0 Å². The normalized spacial score (nSPS) is 11.7. The minimum Gasteiger partial charge on any atom is -0.454 e. The smallest absolute Gasteiger partial charge is 0.161 e. The van der Waals surface area contributed by atoms with Crippen molar-refractivity contribution in [2.45, 2.75) is 0 Å². The summed E-state index contributed by atoms with van der Waals surface area (Å²) in [5.41, 5.74) is 10.4. The minimum absolute atomic E-state index is 0.802. The van der Waals surface area contributed by atoms with E-state index in [0.717, 1.165) is 61.0 Å². The van der Waals surface area contributed by atoms with E-state index >= 15 is 0 Å². The van der Waals surface area contributed by atoms with Gasteiger partial charge in [-0.25, -0.2) is 0 Å². The highest BCUT2D eigenvalue weighted by molar-refractivity contribution is 6.16. The molecule has 0 spiro atoms. The third-order valence-corrected chi connectivity index (χ3v) is 10.8. The van der Waals surface area contributed by atoms with Gasteiger partial charge < -0.3 is 9.32 Å². The molecule has 0 amide bonds. The molecule has 0 bridgehead atoms. The van der Waals surface area contributed by atoms with E-state index in [4.69, 9.17) is 9.40 Å². The van der Waals surface area contributed by atoms with E-state index in [-0.39, 0.29) is 0 Å². The van der Waals surface area contributed by atoms with Gasteiger partial charge in [-0.05, 0) is 103 Å². The van der Waals surface area contributed by atoms with Gasteiger partial charge in [0.05, 0.1) is 5.69 Å². The number of para-hydroxylation sites is 1. The van der Waals surface area contributed by atoms with Crippen molar-refractivity contribution in [1.29, 1.82) is 0 Å². The Morgan fingerprint density at radius 2 is 0.981 bits per heavy atom. The zero-order valence-corrected chi connectivity index (χ0v) is 29.3. The van der Waals surface area contributed by atoms with E-state index in [1.165, 1.54) is 43.4 Å². The number of hydrogen-bond acceptors (Lipinski definition) is 3. The molecule has 252 valence electrons. The molecule has 9 aromatic carbocycles. The Morgan fingerprint density at radius 1 is 0.389 bits per heavy atom. The van der Waals surface area contributed by atoms with E-state index in [1.54, 1.807) is 0 Å². The van der Waals surface area contributed by atoms with Gasteiger partial charge in [-0.15, -0.1) is 0 Å². The van der Waals surface area contributed by atoms with Crippen LogP contribution >= 0.6 is 0 Å². The molecule has 3 heteroatoms. The molecule has 0 aliphatic rings. The lowest BCUT2D eigenvalue weighted by atomic mass is 9.93. The fourth-order valence-electron chi connectivity index (χ4n) is 8.38. The summed E-state index contributed by atoms with van der Waals surface area (Å²) in [6.45, 7) is 0. The van der Waals surface area contributed by atoms with Crippen LogP contribution in [-0.2, 0) is 0 Å². The van der Waals surface area contributed by atoms with Crippen molar-refractivity contribution in [3.63, 3.8) is 0 Å². The highest BCUT2D eigenvalue weighted by Crippen LogP contribution is 2.44. The lowest BCUT2D eigenvalue weighted by molar-refractivity contribution is 0.672. The average Bonchev–Trinajstić information content (AvgIpc) is 3.63. The number of hydrogen-bond donors (Lipinski definition) is 0. The largest absolute Gasteiger partial charge is 0.454 e. The predicted octanol–water partition coefficient (Wildman–Crippen LogP) is 14.4. The second kappa shape index (κ2) is 12.2. The minimum atomic E-state index is 0.802. The van der Waals surface area contributed by atoms with Crippen molar-refractivity contribution in [3.05, 3.63) is 194 Å². The molecule has 54 heavy (non-hydrogen) atoms. The first-order valence-electron chi connectivity index (χ1n) is 18.4. The highest BCUT2D eigenvalue weighted by Gasteiger charge is 2.20.